The highest BCUT2D eigenvalue weighted by molar-refractivity contribution is 6.04. The molecule has 0 radical (unpaired) electrons. The Balaban J connectivity index is 2.09. The number of aromatic nitrogens is 1. The van der Waals surface area contributed by atoms with Crippen molar-refractivity contribution in [3.8, 4) is 5.75 Å². The summed E-state index contributed by atoms with van der Waals surface area (Å²) in [6.45, 7) is 6.63. The van der Waals surface area contributed by atoms with Crippen molar-refractivity contribution in [3.05, 3.63) is 52.1 Å². The largest absolute Gasteiger partial charge is 0.494 e. The number of ether oxygens (including phenoxy) is 3. The van der Waals surface area contributed by atoms with Crippen molar-refractivity contribution in [3.63, 3.8) is 0 Å². The maximum absolute atomic E-state index is 13.7. The van der Waals surface area contributed by atoms with E-state index < -0.39 is 29.6 Å². The molecule has 1 aromatic heterocycles. The van der Waals surface area contributed by atoms with E-state index in [-0.39, 0.29) is 24.5 Å². The number of nitrogens with one attached hydrogen (secondary N) is 1. The summed E-state index contributed by atoms with van der Waals surface area (Å²) in [5.74, 6) is -2.20. The molecule has 0 unspecified atom stereocenters. The van der Waals surface area contributed by atoms with Gasteiger partial charge in [0.15, 0.2) is 17.7 Å². The van der Waals surface area contributed by atoms with E-state index in [9.17, 15) is 18.8 Å². The van der Waals surface area contributed by atoms with Crippen LogP contribution in [0.2, 0.25) is 0 Å². The number of ketones is 1. The zero-order valence-corrected chi connectivity index (χ0v) is 17.1. The fraction of sp³-hybridized carbons (Fsp3) is 0.381. The van der Waals surface area contributed by atoms with Crippen LogP contribution in [0.15, 0.2) is 18.2 Å². The molecule has 2 aromatic rings. The summed E-state index contributed by atoms with van der Waals surface area (Å²) in [7, 11) is 1.34. The van der Waals surface area contributed by atoms with Gasteiger partial charge in [0.2, 0.25) is 5.78 Å². The summed E-state index contributed by atoms with van der Waals surface area (Å²) >= 11 is 0. The third-order valence-electron chi connectivity index (χ3n) is 4.41. The lowest BCUT2D eigenvalue weighted by atomic mass is 10.1. The number of rotatable bonds is 8. The van der Waals surface area contributed by atoms with Crippen molar-refractivity contribution >= 4 is 17.7 Å². The van der Waals surface area contributed by atoms with Crippen LogP contribution in [0.5, 0.6) is 5.75 Å². The second kappa shape index (κ2) is 9.36. The molecule has 0 aliphatic rings. The Morgan fingerprint density at radius 2 is 1.90 bits per heavy atom. The molecule has 0 aliphatic carbocycles. The molecule has 0 saturated heterocycles. The van der Waals surface area contributed by atoms with E-state index in [2.05, 4.69) is 4.98 Å². The molecule has 8 heteroatoms. The Morgan fingerprint density at radius 3 is 2.48 bits per heavy atom. The maximum atomic E-state index is 13.7. The van der Waals surface area contributed by atoms with Crippen molar-refractivity contribution in [2.45, 2.75) is 40.2 Å². The second-order valence-corrected chi connectivity index (χ2v) is 6.49. The Bertz CT molecular complexity index is 933. The van der Waals surface area contributed by atoms with Gasteiger partial charge in [-0.25, -0.2) is 9.18 Å². The van der Waals surface area contributed by atoms with E-state index in [0.717, 1.165) is 0 Å². The average molecular weight is 405 g/mol. The van der Waals surface area contributed by atoms with Crippen molar-refractivity contribution in [2.75, 3.05) is 13.7 Å². The zero-order chi connectivity index (χ0) is 21.7. The summed E-state index contributed by atoms with van der Waals surface area (Å²) < 4.78 is 28.8. The van der Waals surface area contributed by atoms with Crippen molar-refractivity contribution in [2.24, 2.45) is 0 Å². The number of hydrogen-bond acceptors (Lipinski definition) is 6. The molecule has 1 aromatic carbocycles. The van der Waals surface area contributed by atoms with Crippen molar-refractivity contribution in [1.29, 1.82) is 0 Å². The van der Waals surface area contributed by atoms with Gasteiger partial charge in [-0.15, -0.1) is 0 Å². The van der Waals surface area contributed by atoms with Gasteiger partial charge in [0.25, 0.3) is 0 Å². The number of hydrogen-bond donors (Lipinski definition) is 1. The molecule has 2 rings (SSSR count). The van der Waals surface area contributed by atoms with Crippen LogP contribution in [-0.2, 0) is 20.7 Å². The van der Waals surface area contributed by atoms with E-state index in [1.807, 2.05) is 0 Å². The van der Waals surface area contributed by atoms with Crippen molar-refractivity contribution in [1.82, 2.24) is 4.98 Å². The van der Waals surface area contributed by atoms with Crippen LogP contribution in [0.4, 0.5) is 4.39 Å². The number of benzene rings is 1. The molecular weight excluding hydrogens is 381 g/mol. The van der Waals surface area contributed by atoms with Gasteiger partial charge in [0, 0.05) is 5.69 Å². The summed E-state index contributed by atoms with van der Waals surface area (Å²) in [5, 5.41) is 0. The van der Waals surface area contributed by atoms with Gasteiger partial charge >= 0.3 is 11.9 Å². The molecule has 1 heterocycles. The number of halogens is 1. The fourth-order valence-corrected chi connectivity index (χ4v) is 2.99. The van der Waals surface area contributed by atoms with E-state index in [0.29, 0.717) is 22.4 Å². The predicted octanol–water partition coefficient (Wildman–Crippen LogP) is 3.31. The van der Waals surface area contributed by atoms with Crippen LogP contribution >= 0.6 is 0 Å². The van der Waals surface area contributed by atoms with Gasteiger partial charge < -0.3 is 19.2 Å². The van der Waals surface area contributed by atoms with Crippen LogP contribution in [0.1, 0.15) is 51.5 Å². The highest BCUT2D eigenvalue weighted by Crippen LogP contribution is 2.22. The molecule has 0 fully saturated rings. The molecule has 7 nitrogen and oxygen atoms in total. The number of H-pyrrole nitrogens is 1. The molecule has 1 atom stereocenters. The smallest absolute Gasteiger partial charge is 0.340 e. The molecule has 156 valence electrons. The summed E-state index contributed by atoms with van der Waals surface area (Å²) in [6, 6.07) is 4.13. The van der Waals surface area contributed by atoms with Gasteiger partial charge in [0.1, 0.15) is 0 Å². The summed E-state index contributed by atoms with van der Waals surface area (Å²) in [6.07, 6.45) is -1.28. The third-order valence-corrected chi connectivity index (χ3v) is 4.41. The normalized spacial score (nSPS) is 11.7. The number of aryl methyl sites for hydroxylation is 1. The van der Waals surface area contributed by atoms with Gasteiger partial charge in [-0.2, -0.15) is 0 Å². The second-order valence-electron chi connectivity index (χ2n) is 6.49. The molecule has 1 N–H and O–H groups in total. The number of Topliss-reactive ketones (excluding diaryl/α,β-unsaturated/α-hetero) is 1. The molecular formula is C21H24FNO6. The predicted molar refractivity (Wildman–Crippen MR) is 103 cm³/mol. The van der Waals surface area contributed by atoms with Gasteiger partial charge in [-0.05, 0) is 51.0 Å². The summed E-state index contributed by atoms with van der Waals surface area (Å²) in [5.41, 5.74) is 1.80. The first-order valence-electron chi connectivity index (χ1n) is 9.11. The quantitative estimate of drug-likeness (QED) is 0.535. The first kappa shape index (κ1) is 22.1. The number of methoxy groups -OCH3 is 1. The average Bonchev–Trinajstić information content (AvgIpc) is 2.95. The molecule has 0 aliphatic heterocycles. The molecule has 0 amide bonds. The van der Waals surface area contributed by atoms with E-state index in [1.54, 1.807) is 26.8 Å². The van der Waals surface area contributed by atoms with Crippen LogP contribution in [0.3, 0.4) is 0 Å². The minimum absolute atomic E-state index is 0.0701. The number of carbonyl (C=O) groups is 3. The van der Waals surface area contributed by atoms with Gasteiger partial charge in [-0.1, -0.05) is 6.07 Å². The topological polar surface area (TPSA) is 94.7 Å². The molecule has 29 heavy (non-hydrogen) atoms. The molecule has 0 saturated carbocycles. The Morgan fingerprint density at radius 1 is 1.21 bits per heavy atom. The van der Waals surface area contributed by atoms with E-state index >= 15 is 0 Å². The maximum Gasteiger partial charge on any atom is 0.340 e. The lowest BCUT2D eigenvalue weighted by molar-refractivity contribution is -0.145. The van der Waals surface area contributed by atoms with Crippen LogP contribution in [0.25, 0.3) is 0 Å². The van der Waals surface area contributed by atoms with Gasteiger partial charge in [-0.3, -0.25) is 9.59 Å². The first-order valence-corrected chi connectivity index (χ1v) is 9.11. The first-order chi connectivity index (χ1) is 13.7. The van der Waals surface area contributed by atoms with Crippen molar-refractivity contribution < 1.29 is 33.0 Å². The Hall–Kier alpha value is -3.16. The minimum Gasteiger partial charge on any atom is -0.494 e. The van der Waals surface area contributed by atoms with Gasteiger partial charge in [0.05, 0.1) is 31.4 Å². The lowest BCUT2D eigenvalue weighted by Gasteiger charge is -2.12. The van der Waals surface area contributed by atoms with E-state index in [4.69, 9.17) is 14.2 Å². The number of carbonyl (C=O) groups excluding carboxylic acids is 3. The molecule has 0 spiro atoms. The minimum atomic E-state index is -1.09. The number of aromatic amines is 1. The third kappa shape index (κ3) is 5.01. The Labute approximate surface area is 168 Å². The van der Waals surface area contributed by atoms with Crippen LogP contribution in [0, 0.1) is 19.7 Å². The fourth-order valence-electron chi connectivity index (χ4n) is 2.99. The molecule has 0 bridgehead atoms. The number of esters is 2. The summed E-state index contributed by atoms with van der Waals surface area (Å²) in [4.78, 5) is 39.8. The van der Waals surface area contributed by atoms with Crippen LogP contribution < -0.4 is 4.74 Å². The van der Waals surface area contributed by atoms with E-state index in [1.165, 1.54) is 26.2 Å². The highest BCUT2D eigenvalue weighted by Gasteiger charge is 2.27. The Kier molecular flexibility index (Phi) is 7.14. The highest BCUT2D eigenvalue weighted by atomic mass is 19.1. The lowest BCUT2D eigenvalue weighted by Crippen LogP contribution is -2.26. The SMILES string of the molecule is CCOC(=O)c1c(C)[nH]c(C(=O)[C@@H](C)OC(=O)Cc2ccc(OC)c(F)c2)c1C. The zero-order valence-electron chi connectivity index (χ0n) is 17.1. The monoisotopic (exact) mass is 405 g/mol. The standard InChI is InChI=1S/C21H24FNO6/c1-6-28-21(26)18-11(2)19(23-12(18)3)20(25)13(4)29-17(24)10-14-7-8-16(27-5)15(22)9-14/h7-9,13,23H,6,10H2,1-5H3/t13-/m1/s1. The van der Waals surface area contributed by atoms with Crippen LogP contribution in [-0.4, -0.2) is 42.5 Å².